The van der Waals surface area contributed by atoms with E-state index in [-0.39, 0.29) is 0 Å². The summed E-state index contributed by atoms with van der Waals surface area (Å²) >= 11 is 0. The first-order valence-corrected chi connectivity index (χ1v) is 4.88. The first-order chi connectivity index (χ1) is 6.74. The summed E-state index contributed by atoms with van der Waals surface area (Å²) < 4.78 is 0.875. The van der Waals surface area contributed by atoms with Crippen molar-refractivity contribution in [1.29, 1.82) is 5.26 Å². The Bertz CT molecular complexity index is 415. The fraction of sp³-hybridized carbons (Fsp3) is 0.455. The van der Waals surface area contributed by atoms with Crippen LogP contribution in [0.1, 0.15) is 35.2 Å². The van der Waals surface area contributed by atoms with Crippen molar-refractivity contribution in [2.24, 2.45) is 0 Å². The van der Waals surface area contributed by atoms with Gasteiger partial charge in [-0.15, -0.1) is 0 Å². The molecule has 0 atom stereocenters. The van der Waals surface area contributed by atoms with E-state index in [0.717, 1.165) is 47.2 Å². The fourth-order valence-electron chi connectivity index (χ4n) is 2.10. The first-order valence-electron chi connectivity index (χ1n) is 4.88. The molecule has 3 nitrogen and oxygen atoms in total. The minimum atomic E-state index is 0.514. The van der Waals surface area contributed by atoms with Crippen LogP contribution in [0.15, 0.2) is 6.20 Å². The van der Waals surface area contributed by atoms with Crippen LogP contribution < -0.4 is 4.73 Å². The summed E-state index contributed by atoms with van der Waals surface area (Å²) in [5.74, 6) is 0. The van der Waals surface area contributed by atoms with E-state index in [9.17, 15) is 5.21 Å². The minimum absolute atomic E-state index is 0.514. The Kier molecular flexibility index (Phi) is 2.12. The van der Waals surface area contributed by atoms with Gasteiger partial charge in [-0.25, -0.2) is 0 Å². The third-order valence-corrected chi connectivity index (χ3v) is 2.93. The molecule has 0 saturated heterocycles. The first kappa shape index (κ1) is 9.01. The Hall–Kier alpha value is -1.56. The molecule has 0 aromatic carbocycles. The van der Waals surface area contributed by atoms with E-state index >= 15 is 0 Å². The molecule has 0 bridgehead atoms. The van der Waals surface area contributed by atoms with Crippen molar-refractivity contribution < 1.29 is 4.73 Å². The second kappa shape index (κ2) is 3.30. The predicted molar refractivity (Wildman–Crippen MR) is 51.5 cm³/mol. The molecule has 72 valence electrons. The lowest BCUT2D eigenvalue weighted by atomic mass is 9.91. The number of nitriles is 1. The number of hydrogen-bond donors (Lipinski definition) is 0. The van der Waals surface area contributed by atoms with Gasteiger partial charge in [0.05, 0.1) is 0 Å². The van der Waals surface area contributed by atoms with Gasteiger partial charge in [-0.2, -0.15) is 9.99 Å². The van der Waals surface area contributed by atoms with Gasteiger partial charge in [0.15, 0.2) is 11.9 Å². The summed E-state index contributed by atoms with van der Waals surface area (Å²) in [4.78, 5) is 0. The maximum atomic E-state index is 11.6. The maximum Gasteiger partial charge on any atom is 0.198 e. The molecule has 1 aromatic rings. The predicted octanol–water partition coefficient (Wildman–Crippen LogP) is 1.38. The molecule has 0 unspecified atom stereocenters. The number of nitrogens with zero attached hydrogens (tertiary/aromatic N) is 2. The Morgan fingerprint density at radius 1 is 1.43 bits per heavy atom. The number of aromatic nitrogens is 1. The third kappa shape index (κ3) is 1.24. The van der Waals surface area contributed by atoms with Crippen LogP contribution in [0.25, 0.3) is 0 Å². The Morgan fingerprint density at radius 2 is 2.14 bits per heavy atom. The number of fused-ring (bicyclic) bond motifs is 1. The Labute approximate surface area is 83.2 Å². The minimum Gasteiger partial charge on any atom is -0.618 e. The van der Waals surface area contributed by atoms with Gasteiger partial charge < -0.3 is 5.21 Å². The van der Waals surface area contributed by atoms with Crippen molar-refractivity contribution in [1.82, 2.24) is 0 Å². The van der Waals surface area contributed by atoms with E-state index in [0.29, 0.717) is 5.56 Å². The lowest BCUT2D eigenvalue weighted by Gasteiger charge is -2.17. The highest BCUT2D eigenvalue weighted by atomic mass is 16.5. The molecular weight excluding hydrogens is 176 g/mol. The molecule has 0 fully saturated rings. The molecular formula is C11H12N2O. The van der Waals surface area contributed by atoms with Crippen molar-refractivity contribution in [3.63, 3.8) is 0 Å². The van der Waals surface area contributed by atoms with Crippen LogP contribution in [-0.4, -0.2) is 0 Å². The molecule has 1 aliphatic rings. The summed E-state index contributed by atoms with van der Waals surface area (Å²) in [5, 5.41) is 20.4. The van der Waals surface area contributed by atoms with Crippen LogP contribution in [0.5, 0.6) is 0 Å². The molecule has 2 rings (SSSR count). The van der Waals surface area contributed by atoms with Gasteiger partial charge in [-0.05, 0) is 31.7 Å². The summed E-state index contributed by atoms with van der Waals surface area (Å²) in [6.45, 7) is 1.93. The van der Waals surface area contributed by atoms with E-state index < -0.39 is 0 Å². The highest BCUT2D eigenvalue weighted by Gasteiger charge is 2.21. The average Bonchev–Trinajstić information content (AvgIpc) is 2.23. The number of rotatable bonds is 0. The van der Waals surface area contributed by atoms with Gasteiger partial charge in [-0.3, -0.25) is 0 Å². The standard InChI is InChI=1S/C11H12N2O/c1-8-9(6-12)7-13(14)11-5-3-2-4-10(8)11/h7H,2-5H2,1H3. The van der Waals surface area contributed by atoms with E-state index in [2.05, 4.69) is 6.07 Å². The topological polar surface area (TPSA) is 50.7 Å². The van der Waals surface area contributed by atoms with Gasteiger partial charge in [-0.1, -0.05) is 0 Å². The SMILES string of the molecule is Cc1c(C#N)c[n+]([O-])c2c1CCCC2. The molecule has 1 heterocycles. The molecule has 0 spiro atoms. The molecule has 3 heteroatoms. The van der Waals surface area contributed by atoms with Crippen LogP contribution in [0, 0.1) is 23.5 Å². The molecule has 0 amide bonds. The van der Waals surface area contributed by atoms with Crippen molar-refractivity contribution in [3.05, 3.63) is 33.8 Å². The zero-order chi connectivity index (χ0) is 10.1. The van der Waals surface area contributed by atoms with Crippen molar-refractivity contribution >= 4 is 0 Å². The number of pyridine rings is 1. The van der Waals surface area contributed by atoms with Crippen molar-refractivity contribution in [3.8, 4) is 6.07 Å². The van der Waals surface area contributed by atoms with E-state index in [4.69, 9.17) is 5.26 Å². The summed E-state index contributed by atoms with van der Waals surface area (Å²) in [7, 11) is 0. The molecule has 0 aliphatic heterocycles. The third-order valence-electron chi connectivity index (χ3n) is 2.93. The molecule has 1 aromatic heterocycles. The maximum absolute atomic E-state index is 11.6. The number of hydrogen-bond acceptors (Lipinski definition) is 2. The lowest BCUT2D eigenvalue weighted by Crippen LogP contribution is -2.35. The Balaban J connectivity index is 2.66. The van der Waals surface area contributed by atoms with Gasteiger partial charge in [0.2, 0.25) is 0 Å². The van der Waals surface area contributed by atoms with E-state index in [1.165, 1.54) is 6.20 Å². The van der Waals surface area contributed by atoms with E-state index in [1.54, 1.807) is 0 Å². The zero-order valence-electron chi connectivity index (χ0n) is 8.21. The fourth-order valence-corrected chi connectivity index (χ4v) is 2.10. The van der Waals surface area contributed by atoms with Crippen LogP contribution >= 0.6 is 0 Å². The van der Waals surface area contributed by atoms with Gasteiger partial charge in [0.25, 0.3) is 0 Å². The van der Waals surface area contributed by atoms with Crippen LogP contribution in [-0.2, 0) is 12.8 Å². The molecule has 0 radical (unpaired) electrons. The summed E-state index contributed by atoms with van der Waals surface area (Å²) in [5.41, 5.74) is 3.48. The van der Waals surface area contributed by atoms with Crippen molar-refractivity contribution in [2.45, 2.75) is 32.6 Å². The quantitative estimate of drug-likeness (QED) is 0.456. The zero-order valence-corrected chi connectivity index (χ0v) is 8.21. The van der Waals surface area contributed by atoms with Gasteiger partial charge >= 0.3 is 0 Å². The highest BCUT2D eigenvalue weighted by Crippen LogP contribution is 2.22. The highest BCUT2D eigenvalue weighted by molar-refractivity contribution is 5.40. The largest absolute Gasteiger partial charge is 0.618 e. The average molecular weight is 188 g/mol. The lowest BCUT2D eigenvalue weighted by molar-refractivity contribution is -0.615. The molecule has 0 saturated carbocycles. The second-order valence-electron chi connectivity index (χ2n) is 3.74. The van der Waals surface area contributed by atoms with Crippen LogP contribution in [0.2, 0.25) is 0 Å². The summed E-state index contributed by atoms with van der Waals surface area (Å²) in [6.07, 6.45) is 5.41. The molecule has 14 heavy (non-hydrogen) atoms. The van der Waals surface area contributed by atoms with Crippen LogP contribution in [0.3, 0.4) is 0 Å². The monoisotopic (exact) mass is 188 g/mol. The second-order valence-corrected chi connectivity index (χ2v) is 3.74. The summed E-state index contributed by atoms with van der Waals surface area (Å²) in [6, 6.07) is 2.07. The van der Waals surface area contributed by atoms with Crippen molar-refractivity contribution in [2.75, 3.05) is 0 Å². The van der Waals surface area contributed by atoms with Crippen LogP contribution in [0.4, 0.5) is 0 Å². The molecule has 0 N–H and O–H groups in total. The van der Waals surface area contributed by atoms with Gasteiger partial charge in [0.1, 0.15) is 11.6 Å². The van der Waals surface area contributed by atoms with E-state index in [1.807, 2.05) is 6.92 Å². The smallest absolute Gasteiger partial charge is 0.198 e. The van der Waals surface area contributed by atoms with Gasteiger partial charge in [0, 0.05) is 12.0 Å². The molecule has 1 aliphatic carbocycles. The Morgan fingerprint density at radius 3 is 2.86 bits per heavy atom. The normalized spacial score (nSPS) is 14.6.